The smallest absolute Gasteiger partial charge is 0.155 e. The first-order valence-electron chi connectivity index (χ1n) is 7.54. The van der Waals surface area contributed by atoms with Crippen LogP contribution in [0.1, 0.15) is 34.6 Å². The van der Waals surface area contributed by atoms with E-state index < -0.39 is 0 Å². The van der Waals surface area contributed by atoms with Gasteiger partial charge in [-0.1, -0.05) is 71.9 Å². The van der Waals surface area contributed by atoms with Crippen LogP contribution in [-0.2, 0) is 9.59 Å². The van der Waals surface area contributed by atoms with Crippen LogP contribution in [-0.4, -0.2) is 12.1 Å². The standard InChI is InChI=1S/C21H26O2/c1-17(12-8-14-19(3)16-22)10-6-7-11-18(2)13-9-15-20(4)21(5)23/h6-16H,1-5H3/b7-6+,12-8+,13-9+,17-10+,18-11+,19-14+,20-15+. The average Bonchev–Trinajstić information content (AvgIpc) is 2.51. The first-order chi connectivity index (χ1) is 10.9. The number of ketones is 1. The predicted octanol–water partition coefficient (Wildman–Crippen LogP) is 5.23. The molecule has 0 fully saturated rings. The Hall–Kier alpha value is -2.48. The number of rotatable bonds is 8. The SMILES string of the molecule is CC(=O)/C(C)=C/C=C/C(C)=C/C=C/C=C(C)/C=C/C=C(\C)C=O. The number of aldehydes is 1. The van der Waals surface area contributed by atoms with Gasteiger partial charge in [0.25, 0.3) is 0 Å². The Morgan fingerprint density at radius 1 is 0.609 bits per heavy atom. The molecule has 0 aliphatic rings. The van der Waals surface area contributed by atoms with Gasteiger partial charge in [-0.25, -0.2) is 0 Å². The molecule has 0 rings (SSSR count). The summed E-state index contributed by atoms with van der Waals surface area (Å²) in [5.41, 5.74) is 3.63. The van der Waals surface area contributed by atoms with Gasteiger partial charge < -0.3 is 0 Å². The first-order valence-corrected chi connectivity index (χ1v) is 7.54. The lowest BCUT2D eigenvalue weighted by molar-refractivity contribution is -0.113. The minimum atomic E-state index is 0.0861. The van der Waals surface area contributed by atoms with Crippen molar-refractivity contribution in [1.29, 1.82) is 0 Å². The fraction of sp³-hybridized carbons (Fsp3) is 0.238. The molecule has 0 heterocycles. The summed E-state index contributed by atoms with van der Waals surface area (Å²) in [7, 11) is 0. The molecule has 0 N–H and O–H groups in total. The van der Waals surface area contributed by atoms with Gasteiger partial charge in [-0.2, -0.15) is 0 Å². The van der Waals surface area contributed by atoms with Crippen molar-refractivity contribution in [3.8, 4) is 0 Å². The molecule has 122 valence electrons. The zero-order valence-corrected chi connectivity index (χ0v) is 14.7. The van der Waals surface area contributed by atoms with Gasteiger partial charge in [-0.3, -0.25) is 9.59 Å². The van der Waals surface area contributed by atoms with Gasteiger partial charge in [0.15, 0.2) is 5.78 Å². The summed E-state index contributed by atoms with van der Waals surface area (Å²) >= 11 is 0. The molecule has 0 saturated carbocycles. The molecule has 0 aromatic heterocycles. The molecule has 0 atom stereocenters. The first kappa shape index (κ1) is 20.5. The highest BCUT2D eigenvalue weighted by atomic mass is 16.1. The Morgan fingerprint density at radius 3 is 1.48 bits per heavy atom. The van der Waals surface area contributed by atoms with Gasteiger partial charge >= 0.3 is 0 Å². The summed E-state index contributed by atoms with van der Waals surface area (Å²) < 4.78 is 0. The molecule has 0 bridgehead atoms. The third-order valence-corrected chi connectivity index (χ3v) is 2.99. The molecule has 0 aliphatic heterocycles. The summed E-state index contributed by atoms with van der Waals surface area (Å²) in [6, 6.07) is 0. The fourth-order valence-corrected chi connectivity index (χ4v) is 1.38. The molecule has 0 aliphatic carbocycles. The van der Waals surface area contributed by atoms with Crippen LogP contribution < -0.4 is 0 Å². The number of allylic oxidation sites excluding steroid dienone is 14. The van der Waals surface area contributed by atoms with E-state index >= 15 is 0 Å². The Morgan fingerprint density at radius 2 is 1.04 bits per heavy atom. The number of carbonyl (C=O) groups is 2. The topological polar surface area (TPSA) is 34.1 Å². The second-order valence-electron chi connectivity index (χ2n) is 5.36. The maximum absolute atomic E-state index is 11.1. The summed E-state index contributed by atoms with van der Waals surface area (Å²) in [4.78, 5) is 21.5. The van der Waals surface area contributed by atoms with E-state index in [0.717, 1.165) is 23.0 Å². The van der Waals surface area contributed by atoms with E-state index in [-0.39, 0.29) is 5.78 Å². The van der Waals surface area contributed by atoms with Gasteiger partial charge in [0, 0.05) is 0 Å². The second kappa shape index (κ2) is 12.1. The van der Waals surface area contributed by atoms with E-state index in [0.29, 0.717) is 5.57 Å². The van der Waals surface area contributed by atoms with Gasteiger partial charge in [0.05, 0.1) is 0 Å². The molecule has 0 aromatic carbocycles. The van der Waals surface area contributed by atoms with E-state index in [4.69, 9.17) is 0 Å². The Labute approximate surface area is 140 Å². The van der Waals surface area contributed by atoms with Crippen LogP contribution in [0, 0.1) is 0 Å². The van der Waals surface area contributed by atoms with Crippen molar-refractivity contribution in [3.05, 3.63) is 83.1 Å². The third kappa shape index (κ3) is 11.8. The third-order valence-electron chi connectivity index (χ3n) is 2.99. The molecule has 2 nitrogen and oxygen atoms in total. The van der Waals surface area contributed by atoms with Crippen LogP contribution in [0.3, 0.4) is 0 Å². The highest BCUT2D eigenvalue weighted by Crippen LogP contribution is 2.01. The van der Waals surface area contributed by atoms with E-state index in [1.807, 2.05) is 68.5 Å². The molecule has 23 heavy (non-hydrogen) atoms. The van der Waals surface area contributed by atoms with Gasteiger partial charge in [-0.15, -0.1) is 0 Å². The van der Waals surface area contributed by atoms with Crippen molar-refractivity contribution in [2.75, 3.05) is 0 Å². The number of hydrogen-bond acceptors (Lipinski definition) is 2. The lowest BCUT2D eigenvalue weighted by Gasteiger charge is -1.90. The molecule has 0 saturated heterocycles. The van der Waals surface area contributed by atoms with Crippen LogP contribution >= 0.6 is 0 Å². The Kier molecular flexibility index (Phi) is 10.8. The van der Waals surface area contributed by atoms with Crippen molar-refractivity contribution in [2.45, 2.75) is 34.6 Å². The molecule has 2 heteroatoms. The van der Waals surface area contributed by atoms with Crippen LogP contribution in [0.15, 0.2) is 83.1 Å². The van der Waals surface area contributed by atoms with Crippen molar-refractivity contribution >= 4 is 12.1 Å². The number of Topliss-reactive ketones (excluding diaryl/α,β-unsaturated/α-hetero) is 1. The van der Waals surface area contributed by atoms with Crippen molar-refractivity contribution in [2.24, 2.45) is 0 Å². The van der Waals surface area contributed by atoms with Gasteiger partial charge in [0.2, 0.25) is 0 Å². The Balaban J connectivity index is 4.58. The average molecular weight is 310 g/mol. The van der Waals surface area contributed by atoms with Crippen LogP contribution in [0.4, 0.5) is 0 Å². The summed E-state index contributed by atoms with van der Waals surface area (Å²) in [5.74, 6) is 0.0861. The number of hydrogen-bond donors (Lipinski definition) is 0. The molecule has 0 amide bonds. The van der Waals surface area contributed by atoms with Crippen molar-refractivity contribution < 1.29 is 9.59 Å². The van der Waals surface area contributed by atoms with E-state index in [1.54, 1.807) is 26.8 Å². The van der Waals surface area contributed by atoms with E-state index in [2.05, 4.69) is 0 Å². The largest absolute Gasteiger partial charge is 0.298 e. The highest BCUT2D eigenvalue weighted by Gasteiger charge is 1.91. The molecule has 0 unspecified atom stereocenters. The van der Waals surface area contributed by atoms with E-state index in [1.165, 1.54) is 0 Å². The maximum Gasteiger partial charge on any atom is 0.155 e. The predicted molar refractivity (Wildman–Crippen MR) is 99.2 cm³/mol. The minimum Gasteiger partial charge on any atom is -0.298 e. The Bertz CT molecular complexity index is 618. The minimum absolute atomic E-state index is 0.0861. The summed E-state index contributed by atoms with van der Waals surface area (Å²) in [5, 5.41) is 0. The molecule has 0 radical (unpaired) electrons. The molecular formula is C21H26O2. The van der Waals surface area contributed by atoms with Crippen LogP contribution in [0.2, 0.25) is 0 Å². The lowest BCUT2D eigenvalue weighted by atomic mass is 10.2. The van der Waals surface area contributed by atoms with Crippen molar-refractivity contribution in [3.63, 3.8) is 0 Å². The zero-order chi connectivity index (χ0) is 17.7. The molecular weight excluding hydrogens is 284 g/mol. The highest BCUT2D eigenvalue weighted by molar-refractivity contribution is 5.92. The second-order valence-corrected chi connectivity index (χ2v) is 5.36. The zero-order valence-electron chi connectivity index (χ0n) is 14.7. The lowest BCUT2D eigenvalue weighted by Crippen LogP contribution is -1.89. The van der Waals surface area contributed by atoms with Crippen LogP contribution in [0.25, 0.3) is 0 Å². The van der Waals surface area contributed by atoms with Crippen molar-refractivity contribution in [1.82, 2.24) is 0 Å². The quantitative estimate of drug-likeness (QED) is 0.349. The maximum atomic E-state index is 11.1. The summed E-state index contributed by atoms with van der Waals surface area (Å²) in [6.45, 7) is 9.13. The van der Waals surface area contributed by atoms with Gasteiger partial charge in [0.1, 0.15) is 6.29 Å². The van der Waals surface area contributed by atoms with Crippen LogP contribution in [0.5, 0.6) is 0 Å². The fourth-order valence-electron chi connectivity index (χ4n) is 1.38. The summed E-state index contributed by atoms with van der Waals surface area (Å²) in [6.07, 6.45) is 20.0. The molecule has 0 spiro atoms. The van der Waals surface area contributed by atoms with Gasteiger partial charge in [-0.05, 0) is 45.8 Å². The monoisotopic (exact) mass is 310 g/mol. The number of carbonyl (C=O) groups excluding carboxylic acids is 2. The van der Waals surface area contributed by atoms with E-state index in [9.17, 15) is 9.59 Å². The normalized spacial score (nSPS) is 15.2. The molecule has 0 aromatic rings.